The van der Waals surface area contributed by atoms with Crippen LogP contribution in [0, 0.1) is 5.92 Å². The zero-order valence-electron chi connectivity index (χ0n) is 11.6. The van der Waals surface area contributed by atoms with E-state index in [1.165, 1.54) is 0 Å². The summed E-state index contributed by atoms with van der Waals surface area (Å²) in [4.78, 5) is 21.7. The Bertz CT molecular complexity index is 608. The molecule has 0 radical (unpaired) electrons. The van der Waals surface area contributed by atoms with Crippen LogP contribution in [-0.2, 0) is 4.74 Å². The van der Waals surface area contributed by atoms with Gasteiger partial charge in [0.05, 0.1) is 12.2 Å². The number of fused-ring (bicyclic) bond motifs is 1. The van der Waals surface area contributed by atoms with E-state index in [9.17, 15) is 4.79 Å². The number of pyridine rings is 1. The van der Waals surface area contributed by atoms with Crippen LogP contribution in [0.25, 0.3) is 11.0 Å². The molecule has 5 heteroatoms. The van der Waals surface area contributed by atoms with Gasteiger partial charge < -0.3 is 14.6 Å². The monoisotopic (exact) mass is 273 g/mol. The first-order chi connectivity index (χ1) is 9.78. The minimum Gasteiger partial charge on any atom is -0.381 e. The van der Waals surface area contributed by atoms with Crippen LogP contribution >= 0.6 is 0 Å². The molecule has 1 aliphatic rings. The zero-order valence-corrected chi connectivity index (χ0v) is 11.6. The highest BCUT2D eigenvalue weighted by Crippen LogP contribution is 2.20. The highest BCUT2D eigenvalue weighted by Gasteiger charge is 2.27. The Labute approximate surface area is 117 Å². The number of nitrogens with zero attached hydrogens (tertiary/aromatic N) is 2. The summed E-state index contributed by atoms with van der Waals surface area (Å²) in [6.45, 7) is 5.06. The molecular formula is C15H19N3O2. The third-order valence-corrected chi connectivity index (χ3v) is 3.78. The van der Waals surface area contributed by atoms with Crippen LogP contribution in [0.15, 0.2) is 24.5 Å². The van der Waals surface area contributed by atoms with Crippen molar-refractivity contribution in [1.29, 1.82) is 0 Å². The lowest BCUT2D eigenvalue weighted by atomic mass is 10.1. The number of aromatic amines is 1. The van der Waals surface area contributed by atoms with Gasteiger partial charge in [-0.3, -0.25) is 4.79 Å². The molecule has 3 heterocycles. The Morgan fingerprint density at radius 2 is 2.50 bits per heavy atom. The van der Waals surface area contributed by atoms with E-state index in [0.29, 0.717) is 11.5 Å². The summed E-state index contributed by atoms with van der Waals surface area (Å²) in [5.41, 5.74) is 1.48. The van der Waals surface area contributed by atoms with Gasteiger partial charge in [-0.2, -0.15) is 0 Å². The molecule has 1 saturated heterocycles. The fourth-order valence-corrected chi connectivity index (χ4v) is 2.68. The second kappa shape index (κ2) is 5.63. The second-order valence-electron chi connectivity index (χ2n) is 5.20. The lowest BCUT2D eigenvalue weighted by Crippen LogP contribution is -2.29. The van der Waals surface area contributed by atoms with Gasteiger partial charge in [-0.1, -0.05) is 0 Å². The molecule has 5 nitrogen and oxygen atoms in total. The van der Waals surface area contributed by atoms with E-state index < -0.39 is 0 Å². The van der Waals surface area contributed by atoms with Gasteiger partial charge in [-0.15, -0.1) is 0 Å². The quantitative estimate of drug-likeness (QED) is 0.927. The molecule has 2 aromatic heterocycles. The molecule has 0 saturated carbocycles. The number of aromatic nitrogens is 2. The molecule has 106 valence electrons. The predicted octanol–water partition coefficient (Wildman–Crippen LogP) is 2.06. The summed E-state index contributed by atoms with van der Waals surface area (Å²) in [6.07, 6.45) is 4.50. The van der Waals surface area contributed by atoms with Gasteiger partial charge in [0.1, 0.15) is 5.65 Å². The third kappa shape index (κ3) is 2.54. The lowest BCUT2D eigenvalue weighted by Gasteiger charge is -2.16. The first kappa shape index (κ1) is 13.1. The average Bonchev–Trinajstić information content (AvgIpc) is 3.12. The number of amides is 1. The van der Waals surface area contributed by atoms with E-state index in [2.05, 4.69) is 9.97 Å². The highest BCUT2D eigenvalue weighted by molar-refractivity contribution is 5.97. The number of carbonyl (C=O) groups is 1. The summed E-state index contributed by atoms with van der Waals surface area (Å²) in [7, 11) is 0. The molecule has 0 aliphatic carbocycles. The largest absolute Gasteiger partial charge is 0.381 e. The number of hydrogen-bond acceptors (Lipinski definition) is 3. The number of H-pyrrole nitrogens is 1. The second-order valence-corrected chi connectivity index (χ2v) is 5.20. The molecule has 1 atom stereocenters. The van der Waals surface area contributed by atoms with Gasteiger partial charge >= 0.3 is 0 Å². The summed E-state index contributed by atoms with van der Waals surface area (Å²) < 4.78 is 5.44. The molecule has 0 aromatic carbocycles. The number of likely N-dealkylation sites (tertiary alicyclic amines) is 1. The molecule has 0 spiro atoms. The van der Waals surface area contributed by atoms with Crippen LogP contribution in [0.3, 0.4) is 0 Å². The van der Waals surface area contributed by atoms with Gasteiger partial charge in [-0.05, 0) is 25.5 Å². The summed E-state index contributed by atoms with van der Waals surface area (Å²) in [5, 5.41) is 0.973. The minimum atomic E-state index is 0.0691. The van der Waals surface area contributed by atoms with Crippen molar-refractivity contribution in [2.45, 2.75) is 13.3 Å². The number of ether oxygens (including phenoxy) is 1. The Balaban J connectivity index is 1.69. The van der Waals surface area contributed by atoms with Gasteiger partial charge in [0.25, 0.3) is 5.91 Å². The van der Waals surface area contributed by atoms with Crippen LogP contribution in [0.4, 0.5) is 0 Å². The molecule has 3 rings (SSSR count). The third-order valence-electron chi connectivity index (χ3n) is 3.78. The van der Waals surface area contributed by atoms with Crippen molar-refractivity contribution in [3.63, 3.8) is 0 Å². The first-order valence-electron chi connectivity index (χ1n) is 7.08. The zero-order chi connectivity index (χ0) is 13.9. The molecule has 2 aromatic rings. The maximum atomic E-state index is 12.5. The summed E-state index contributed by atoms with van der Waals surface area (Å²) >= 11 is 0. The van der Waals surface area contributed by atoms with Gasteiger partial charge in [0.2, 0.25) is 0 Å². The first-order valence-corrected chi connectivity index (χ1v) is 7.08. The predicted molar refractivity (Wildman–Crippen MR) is 76.6 cm³/mol. The number of carbonyl (C=O) groups excluding carboxylic acids is 1. The van der Waals surface area contributed by atoms with E-state index in [4.69, 9.17) is 4.74 Å². The van der Waals surface area contributed by atoms with Crippen molar-refractivity contribution in [2.75, 3.05) is 26.3 Å². The van der Waals surface area contributed by atoms with Crippen molar-refractivity contribution in [2.24, 2.45) is 5.92 Å². The van der Waals surface area contributed by atoms with E-state index in [1.54, 1.807) is 6.20 Å². The van der Waals surface area contributed by atoms with Gasteiger partial charge in [0, 0.05) is 43.4 Å². The van der Waals surface area contributed by atoms with E-state index in [0.717, 1.165) is 43.8 Å². The normalized spacial score (nSPS) is 18.9. The Morgan fingerprint density at radius 3 is 3.35 bits per heavy atom. The van der Waals surface area contributed by atoms with E-state index in [1.807, 2.05) is 30.2 Å². The minimum absolute atomic E-state index is 0.0691. The number of nitrogens with one attached hydrogen (secondary N) is 1. The van der Waals surface area contributed by atoms with Crippen molar-refractivity contribution in [3.05, 3.63) is 30.1 Å². The summed E-state index contributed by atoms with van der Waals surface area (Å²) in [6, 6.07) is 3.83. The van der Waals surface area contributed by atoms with E-state index in [-0.39, 0.29) is 5.91 Å². The molecule has 1 N–H and O–H groups in total. The standard InChI is InChI=1S/C15H19N3O2/c1-2-20-10-11-4-6-18(9-11)15(19)13-7-12-3-5-16-14(12)17-8-13/h3,5,7-8,11H,2,4,6,9-10H2,1H3,(H,16,17)/t11-/m0/s1. The maximum Gasteiger partial charge on any atom is 0.255 e. The molecule has 1 aliphatic heterocycles. The van der Waals surface area contributed by atoms with Crippen molar-refractivity contribution in [3.8, 4) is 0 Å². The molecule has 1 amide bonds. The van der Waals surface area contributed by atoms with Crippen LogP contribution < -0.4 is 0 Å². The van der Waals surface area contributed by atoms with Crippen LogP contribution in [0.1, 0.15) is 23.7 Å². The molecule has 0 unspecified atom stereocenters. The number of hydrogen-bond donors (Lipinski definition) is 1. The summed E-state index contributed by atoms with van der Waals surface area (Å²) in [5.74, 6) is 0.530. The molecule has 0 bridgehead atoms. The van der Waals surface area contributed by atoms with Crippen molar-refractivity contribution in [1.82, 2.24) is 14.9 Å². The SMILES string of the molecule is CCOC[C@H]1CCN(C(=O)c2cnc3[nH]ccc3c2)C1. The van der Waals surface area contributed by atoms with Crippen LogP contribution in [0.2, 0.25) is 0 Å². The highest BCUT2D eigenvalue weighted by atomic mass is 16.5. The van der Waals surface area contributed by atoms with Crippen molar-refractivity contribution >= 4 is 16.9 Å². The topological polar surface area (TPSA) is 58.2 Å². The Morgan fingerprint density at radius 1 is 1.60 bits per heavy atom. The number of rotatable bonds is 4. The molecule has 1 fully saturated rings. The van der Waals surface area contributed by atoms with Gasteiger partial charge in [0.15, 0.2) is 0 Å². The van der Waals surface area contributed by atoms with E-state index >= 15 is 0 Å². The Kier molecular flexibility index (Phi) is 3.69. The smallest absolute Gasteiger partial charge is 0.255 e. The van der Waals surface area contributed by atoms with Crippen LogP contribution in [-0.4, -0.2) is 47.1 Å². The molecule has 20 heavy (non-hydrogen) atoms. The van der Waals surface area contributed by atoms with Crippen LogP contribution in [0.5, 0.6) is 0 Å². The maximum absolute atomic E-state index is 12.5. The fraction of sp³-hybridized carbons (Fsp3) is 0.467. The molecular weight excluding hydrogens is 254 g/mol. The fourth-order valence-electron chi connectivity index (χ4n) is 2.68. The lowest BCUT2D eigenvalue weighted by molar-refractivity contribution is 0.0762. The average molecular weight is 273 g/mol. The Hall–Kier alpha value is -1.88. The van der Waals surface area contributed by atoms with Gasteiger partial charge in [-0.25, -0.2) is 4.98 Å². The van der Waals surface area contributed by atoms with Crippen molar-refractivity contribution < 1.29 is 9.53 Å².